The number of halogens is 1. The summed E-state index contributed by atoms with van der Waals surface area (Å²) >= 11 is 0. The molecule has 1 heterocycles. The molecule has 88 valence electrons. The Hall–Kier alpha value is -0.930. The fourth-order valence-corrected chi connectivity index (χ4v) is 2.20. The van der Waals surface area contributed by atoms with Crippen LogP contribution in [0.2, 0.25) is 0 Å². The predicted octanol–water partition coefficient (Wildman–Crippen LogP) is 2.01. The lowest BCUT2D eigenvalue weighted by Gasteiger charge is -2.28. The summed E-state index contributed by atoms with van der Waals surface area (Å²) in [6.07, 6.45) is 0.922. The molecule has 0 bridgehead atoms. The summed E-state index contributed by atoms with van der Waals surface area (Å²) in [6.45, 7) is 5.92. The zero-order valence-corrected chi connectivity index (χ0v) is 9.89. The summed E-state index contributed by atoms with van der Waals surface area (Å²) in [4.78, 5) is 0. The molecule has 1 aliphatic rings. The van der Waals surface area contributed by atoms with Crippen LogP contribution in [-0.4, -0.2) is 19.1 Å². The van der Waals surface area contributed by atoms with Crippen LogP contribution in [0.3, 0.4) is 0 Å². The standard InChI is InChI=1S/C13H19FN2/c1-9(2)16-8-12-13-10(6-7-15-12)4-3-5-11(13)14/h3-5,9,12,15-16H,6-8H2,1-2H3. The fourth-order valence-electron chi connectivity index (χ4n) is 2.20. The minimum absolute atomic E-state index is 0.0831. The van der Waals surface area contributed by atoms with Gasteiger partial charge in [0, 0.05) is 24.2 Å². The molecule has 0 saturated carbocycles. The molecule has 0 aromatic heterocycles. The van der Waals surface area contributed by atoms with Crippen LogP contribution in [0, 0.1) is 5.82 Å². The van der Waals surface area contributed by atoms with Crippen molar-refractivity contribution in [3.05, 3.63) is 35.1 Å². The van der Waals surface area contributed by atoms with Crippen LogP contribution in [0.15, 0.2) is 18.2 Å². The average Bonchev–Trinajstić information content (AvgIpc) is 2.26. The number of hydrogen-bond acceptors (Lipinski definition) is 2. The van der Waals surface area contributed by atoms with E-state index in [1.54, 1.807) is 12.1 Å². The molecule has 1 aromatic carbocycles. The molecule has 0 saturated heterocycles. The first kappa shape index (κ1) is 11.6. The first-order valence-electron chi connectivity index (χ1n) is 5.92. The second-order valence-corrected chi connectivity index (χ2v) is 4.63. The number of fused-ring (bicyclic) bond motifs is 1. The Morgan fingerprint density at radius 2 is 2.31 bits per heavy atom. The van der Waals surface area contributed by atoms with Crippen molar-refractivity contribution in [2.24, 2.45) is 0 Å². The Labute approximate surface area is 96.2 Å². The van der Waals surface area contributed by atoms with Crippen LogP contribution in [0.4, 0.5) is 4.39 Å². The van der Waals surface area contributed by atoms with Gasteiger partial charge in [0.2, 0.25) is 0 Å². The summed E-state index contributed by atoms with van der Waals surface area (Å²) in [5.74, 6) is -0.0831. The largest absolute Gasteiger partial charge is 0.313 e. The Kier molecular flexibility index (Phi) is 3.56. The Bertz CT molecular complexity index is 363. The van der Waals surface area contributed by atoms with Gasteiger partial charge >= 0.3 is 0 Å². The summed E-state index contributed by atoms with van der Waals surface area (Å²) in [6, 6.07) is 5.91. The highest BCUT2D eigenvalue weighted by atomic mass is 19.1. The van der Waals surface area contributed by atoms with Crippen molar-refractivity contribution < 1.29 is 4.39 Å². The molecule has 1 aliphatic heterocycles. The van der Waals surface area contributed by atoms with Crippen molar-refractivity contribution in [1.82, 2.24) is 10.6 Å². The second-order valence-electron chi connectivity index (χ2n) is 4.63. The zero-order chi connectivity index (χ0) is 11.5. The van der Waals surface area contributed by atoms with E-state index in [-0.39, 0.29) is 11.9 Å². The molecule has 1 unspecified atom stereocenters. The number of hydrogen-bond donors (Lipinski definition) is 2. The third-order valence-electron chi connectivity index (χ3n) is 3.01. The van der Waals surface area contributed by atoms with Crippen LogP contribution in [-0.2, 0) is 6.42 Å². The lowest BCUT2D eigenvalue weighted by molar-refractivity contribution is 0.429. The van der Waals surface area contributed by atoms with E-state index in [0.717, 1.165) is 30.6 Å². The highest BCUT2D eigenvalue weighted by Crippen LogP contribution is 2.25. The molecule has 1 atom stereocenters. The van der Waals surface area contributed by atoms with E-state index in [1.165, 1.54) is 0 Å². The van der Waals surface area contributed by atoms with Crippen LogP contribution in [0.5, 0.6) is 0 Å². The monoisotopic (exact) mass is 222 g/mol. The van der Waals surface area contributed by atoms with Gasteiger partial charge in [-0.15, -0.1) is 0 Å². The minimum atomic E-state index is -0.0831. The third kappa shape index (κ3) is 2.42. The first-order valence-corrected chi connectivity index (χ1v) is 5.92. The Morgan fingerprint density at radius 1 is 1.50 bits per heavy atom. The van der Waals surface area contributed by atoms with Gasteiger partial charge in [-0.1, -0.05) is 26.0 Å². The molecule has 0 amide bonds. The molecule has 3 heteroatoms. The lowest BCUT2D eigenvalue weighted by atomic mass is 9.93. The summed E-state index contributed by atoms with van der Waals surface area (Å²) < 4.78 is 13.8. The SMILES string of the molecule is CC(C)NCC1NCCc2cccc(F)c21. The first-order chi connectivity index (χ1) is 7.68. The number of nitrogens with one attached hydrogen (secondary N) is 2. The average molecular weight is 222 g/mol. The van der Waals surface area contributed by atoms with E-state index in [4.69, 9.17) is 0 Å². The molecular weight excluding hydrogens is 203 g/mol. The van der Waals surface area contributed by atoms with E-state index >= 15 is 0 Å². The van der Waals surface area contributed by atoms with Gasteiger partial charge in [0.25, 0.3) is 0 Å². The predicted molar refractivity (Wildman–Crippen MR) is 64.0 cm³/mol. The Balaban J connectivity index is 2.18. The molecule has 0 fully saturated rings. The van der Waals surface area contributed by atoms with Crippen LogP contribution in [0.25, 0.3) is 0 Å². The van der Waals surface area contributed by atoms with Gasteiger partial charge in [0.15, 0.2) is 0 Å². The number of rotatable bonds is 3. The highest BCUT2D eigenvalue weighted by molar-refractivity contribution is 5.34. The van der Waals surface area contributed by atoms with Gasteiger partial charge < -0.3 is 10.6 Å². The zero-order valence-electron chi connectivity index (χ0n) is 9.89. The minimum Gasteiger partial charge on any atom is -0.313 e. The maximum atomic E-state index is 13.8. The molecule has 16 heavy (non-hydrogen) atoms. The maximum Gasteiger partial charge on any atom is 0.128 e. The van der Waals surface area contributed by atoms with Crippen molar-refractivity contribution in [2.75, 3.05) is 13.1 Å². The van der Waals surface area contributed by atoms with Gasteiger partial charge in [-0.2, -0.15) is 0 Å². The van der Waals surface area contributed by atoms with Gasteiger partial charge in [-0.3, -0.25) is 0 Å². The van der Waals surface area contributed by atoms with E-state index < -0.39 is 0 Å². The van der Waals surface area contributed by atoms with Crippen molar-refractivity contribution in [3.8, 4) is 0 Å². The smallest absolute Gasteiger partial charge is 0.128 e. The molecule has 2 N–H and O–H groups in total. The Morgan fingerprint density at radius 3 is 3.06 bits per heavy atom. The van der Waals surface area contributed by atoms with E-state index in [1.807, 2.05) is 6.07 Å². The fraction of sp³-hybridized carbons (Fsp3) is 0.538. The summed E-state index contributed by atoms with van der Waals surface area (Å²) in [5.41, 5.74) is 2.00. The normalized spacial score (nSPS) is 19.9. The summed E-state index contributed by atoms with van der Waals surface area (Å²) in [7, 11) is 0. The van der Waals surface area contributed by atoms with Crippen LogP contribution in [0.1, 0.15) is 31.0 Å². The molecule has 2 rings (SSSR count). The van der Waals surface area contributed by atoms with Gasteiger partial charge in [-0.25, -0.2) is 4.39 Å². The maximum absolute atomic E-state index is 13.8. The van der Waals surface area contributed by atoms with E-state index in [2.05, 4.69) is 24.5 Å². The molecule has 0 radical (unpaired) electrons. The molecule has 2 nitrogen and oxygen atoms in total. The van der Waals surface area contributed by atoms with Gasteiger partial charge in [0.05, 0.1) is 0 Å². The molecular formula is C13H19FN2. The quantitative estimate of drug-likeness (QED) is 0.817. The molecule has 1 aromatic rings. The van der Waals surface area contributed by atoms with Crippen molar-refractivity contribution >= 4 is 0 Å². The topological polar surface area (TPSA) is 24.1 Å². The summed E-state index contributed by atoms with van der Waals surface area (Å²) in [5, 5.41) is 6.72. The molecule has 0 spiro atoms. The van der Waals surface area contributed by atoms with Crippen molar-refractivity contribution in [2.45, 2.75) is 32.4 Å². The van der Waals surface area contributed by atoms with E-state index in [0.29, 0.717) is 6.04 Å². The van der Waals surface area contributed by atoms with Crippen molar-refractivity contribution in [1.29, 1.82) is 0 Å². The molecule has 0 aliphatic carbocycles. The lowest BCUT2D eigenvalue weighted by Crippen LogP contribution is -2.39. The van der Waals surface area contributed by atoms with Crippen LogP contribution < -0.4 is 10.6 Å². The third-order valence-corrected chi connectivity index (χ3v) is 3.01. The van der Waals surface area contributed by atoms with Crippen LogP contribution >= 0.6 is 0 Å². The van der Waals surface area contributed by atoms with E-state index in [9.17, 15) is 4.39 Å². The second kappa shape index (κ2) is 4.93. The van der Waals surface area contributed by atoms with Crippen molar-refractivity contribution in [3.63, 3.8) is 0 Å². The van der Waals surface area contributed by atoms with Gasteiger partial charge in [-0.05, 0) is 24.6 Å². The van der Waals surface area contributed by atoms with Gasteiger partial charge in [0.1, 0.15) is 5.82 Å². The number of benzene rings is 1. The highest BCUT2D eigenvalue weighted by Gasteiger charge is 2.22.